The van der Waals surface area contributed by atoms with E-state index in [0.29, 0.717) is 6.61 Å². The van der Waals surface area contributed by atoms with Gasteiger partial charge in [-0.15, -0.1) is 0 Å². The van der Waals surface area contributed by atoms with Crippen LogP contribution in [-0.4, -0.2) is 12.5 Å². The molecular formula is C23H28FNO2. The summed E-state index contributed by atoms with van der Waals surface area (Å²) in [5.41, 5.74) is 2.09. The Hall–Kier alpha value is -2.36. The zero-order chi connectivity index (χ0) is 19.3. The molecule has 0 bridgehead atoms. The fourth-order valence-electron chi connectivity index (χ4n) is 3.92. The van der Waals surface area contributed by atoms with E-state index in [-0.39, 0.29) is 11.7 Å². The maximum atomic E-state index is 13.4. The summed E-state index contributed by atoms with van der Waals surface area (Å²) in [7, 11) is 0. The van der Waals surface area contributed by atoms with Crippen LogP contribution in [0.4, 0.5) is 10.1 Å². The standard InChI is InChI=1S/C23H28FNO2/c1-3-15-27-21-12-11-20(16-17(21)2)25-22(26)23(13-5-4-6-14-23)18-7-9-19(24)10-8-18/h7-12,16H,3-6,13-15H2,1-2H3,(H,25,26). The van der Waals surface area contributed by atoms with E-state index in [9.17, 15) is 9.18 Å². The molecule has 2 aromatic rings. The van der Waals surface area contributed by atoms with Crippen molar-refractivity contribution in [3.05, 3.63) is 59.4 Å². The van der Waals surface area contributed by atoms with Crippen LogP contribution < -0.4 is 10.1 Å². The lowest BCUT2D eigenvalue weighted by Crippen LogP contribution is -2.42. The zero-order valence-electron chi connectivity index (χ0n) is 16.2. The number of halogens is 1. The summed E-state index contributed by atoms with van der Waals surface area (Å²) < 4.78 is 19.1. The maximum absolute atomic E-state index is 13.4. The molecule has 0 saturated heterocycles. The molecule has 1 saturated carbocycles. The third-order valence-corrected chi connectivity index (χ3v) is 5.43. The van der Waals surface area contributed by atoms with Gasteiger partial charge in [0.05, 0.1) is 12.0 Å². The van der Waals surface area contributed by atoms with E-state index < -0.39 is 5.41 Å². The maximum Gasteiger partial charge on any atom is 0.235 e. The first-order chi connectivity index (χ1) is 13.0. The zero-order valence-corrected chi connectivity index (χ0v) is 16.2. The molecule has 0 spiro atoms. The van der Waals surface area contributed by atoms with E-state index >= 15 is 0 Å². The molecule has 27 heavy (non-hydrogen) atoms. The largest absolute Gasteiger partial charge is 0.493 e. The van der Waals surface area contributed by atoms with E-state index in [1.165, 1.54) is 12.1 Å². The van der Waals surface area contributed by atoms with Crippen molar-refractivity contribution in [2.75, 3.05) is 11.9 Å². The van der Waals surface area contributed by atoms with Crippen LogP contribution >= 0.6 is 0 Å². The molecule has 2 aromatic carbocycles. The molecule has 1 fully saturated rings. The quantitative estimate of drug-likeness (QED) is 0.702. The molecule has 0 unspecified atom stereocenters. The van der Waals surface area contributed by atoms with Crippen LogP contribution in [0, 0.1) is 12.7 Å². The average molecular weight is 369 g/mol. The Kier molecular flexibility index (Phi) is 6.15. The third-order valence-electron chi connectivity index (χ3n) is 5.43. The van der Waals surface area contributed by atoms with Crippen molar-refractivity contribution in [3.63, 3.8) is 0 Å². The Bertz CT molecular complexity index is 779. The fourth-order valence-corrected chi connectivity index (χ4v) is 3.92. The van der Waals surface area contributed by atoms with Gasteiger partial charge in [0.15, 0.2) is 0 Å². The van der Waals surface area contributed by atoms with Crippen LogP contribution in [0.3, 0.4) is 0 Å². The van der Waals surface area contributed by atoms with Gasteiger partial charge in [0.2, 0.25) is 5.91 Å². The average Bonchev–Trinajstić information content (AvgIpc) is 2.68. The van der Waals surface area contributed by atoms with Gasteiger partial charge in [0.1, 0.15) is 11.6 Å². The second-order valence-electron chi connectivity index (χ2n) is 7.43. The van der Waals surface area contributed by atoms with Gasteiger partial charge in [-0.25, -0.2) is 4.39 Å². The van der Waals surface area contributed by atoms with Gasteiger partial charge < -0.3 is 10.1 Å². The Balaban J connectivity index is 1.83. The van der Waals surface area contributed by atoms with Crippen LogP contribution in [0.25, 0.3) is 0 Å². The molecule has 0 aromatic heterocycles. The minimum atomic E-state index is -0.586. The van der Waals surface area contributed by atoms with Gasteiger partial charge in [-0.1, -0.05) is 38.3 Å². The topological polar surface area (TPSA) is 38.3 Å². The lowest BCUT2D eigenvalue weighted by atomic mass is 9.68. The monoisotopic (exact) mass is 369 g/mol. The molecular weight excluding hydrogens is 341 g/mol. The van der Waals surface area contributed by atoms with Gasteiger partial charge >= 0.3 is 0 Å². The summed E-state index contributed by atoms with van der Waals surface area (Å²) >= 11 is 0. The van der Waals surface area contributed by atoms with Crippen molar-refractivity contribution in [1.82, 2.24) is 0 Å². The SMILES string of the molecule is CCCOc1ccc(NC(=O)C2(c3ccc(F)cc3)CCCCC2)cc1C. The molecule has 1 amide bonds. The van der Waals surface area contributed by atoms with Crippen LogP contribution in [0.2, 0.25) is 0 Å². The Morgan fingerprint density at radius 1 is 1.11 bits per heavy atom. The predicted octanol–water partition coefficient (Wildman–Crippen LogP) is 5.76. The predicted molar refractivity (Wildman–Crippen MR) is 107 cm³/mol. The Morgan fingerprint density at radius 2 is 1.81 bits per heavy atom. The van der Waals surface area contributed by atoms with E-state index in [2.05, 4.69) is 12.2 Å². The third kappa shape index (κ3) is 4.32. The van der Waals surface area contributed by atoms with Gasteiger partial charge in [0, 0.05) is 5.69 Å². The molecule has 3 nitrogen and oxygen atoms in total. The van der Waals surface area contributed by atoms with E-state index in [0.717, 1.165) is 61.1 Å². The van der Waals surface area contributed by atoms with Gasteiger partial charge in [-0.3, -0.25) is 4.79 Å². The number of hydrogen-bond acceptors (Lipinski definition) is 2. The van der Waals surface area contributed by atoms with E-state index in [4.69, 9.17) is 4.74 Å². The number of carbonyl (C=O) groups excluding carboxylic acids is 1. The van der Waals surface area contributed by atoms with Crippen molar-refractivity contribution in [3.8, 4) is 5.75 Å². The Morgan fingerprint density at radius 3 is 2.44 bits per heavy atom. The molecule has 0 heterocycles. The first kappa shape index (κ1) is 19.4. The molecule has 144 valence electrons. The van der Waals surface area contributed by atoms with E-state index in [1.54, 1.807) is 12.1 Å². The summed E-state index contributed by atoms with van der Waals surface area (Å²) in [6.07, 6.45) is 5.69. The van der Waals surface area contributed by atoms with Crippen LogP contribution in [0.1, 0.15) is 56.6 Å². The van der Waals surface area contributed by atoms with Gasteiger partial charge in [0.25, 0.3) is 0 Å². The molecule has 1 aliphatic carbocycles. The summed E-state index contributed by atoms with van der Waals surface area (Å²) in [6.45, 7) is 4.74. The molecule has 0 atom stereocenters. The Labute approximate surface area is 160 Å². The van der Waals surface area contributed by atoms with Crippen molar-refractivity contribution in [1.29, 1.82) is 0 Å². The molecule has 4 heteroatoms. The minimum Gasteiger partial charge on any atom is -0.493 e. The normalized spacial score (nSPS) is 16.0. The molecule has 1 N–H and O–H groups in total. The smallest absolute Gasteiger partial charge is 0.235 e. The first-order valence-corrected chi connectivity index (χ1v) is 9.86. The van der Waals surface area contributed by atoms with Crippen molar-refractivity contribution in [2.45, 2.75) is 57.8 Å². The number of ether oxygens (including phenoxy) is 1. The minimum absolute atomic E-state index is 0.00423. The number of benzene rings is 2. The highest BCUT2D eigenvalue weighted by Gasteiger charge is 2.41. The first-order valence-electron chi connectivity index (χ1n) is 9.86. The summed E-state index contributed by atoms with van der Waals surface area (Å²) in [5, 5.41) is 3.10. The summed E-state index contributed by atoms with van der Waals surface area (Å²) in [5.74, 6) is 0.569. The summed E-state index contributed by atoms with van der Waals surface area (Å²) in [6, 6.07) is 12.2. The number of anilines is 1. The van der Waals surface area contributed by atoms with Crippen molar-refractivity contribution in [2.24, 2.45) is 0 Å². The number of rotatable bonds is 6. The molecule has 3 rings (SSSR count). The lowest BCUT2D eigenvalue weighted by Gasteiger charge is -2.36. The lowest BCUT2D eigenvalue weighted by molar-refractivity contribution is -0.122. The highest BCUT2D eigenvalue weighted by molar-refractivity contribution is 5.99. The van der Waals surface area contributed by atoms with Gasteiger partial charge in [-0.05, 0) is 67.6 Å². The number of hydrogen-bond donors (Lipinski definition) is 1. The number of aryl methyl sites for hydroxylation is 1. The number of nitrogens with one attached hydrogen (secondary N) is 1. The van der Waals surface area contributed by atoms with Gasteiger partial charge in [-0.2, -0.15) is 0 Å². The second-order valence-corrected chi connectivity index (χ2v) is 7.43. The highest BCUT2D eigenvalue weighted by Crippen LogP contribution is 2.40. The van der Waals surface area contributed by atoms with Crippen molar-refractivity contribution < 1.29 is 13.9 Å². The van der Waals surface area contributed by atoms with Crippen molar-refractivity contribution >= 4 is 11.6 Å². The van der Waals surface area contributed by atoms with Crippen LogP contribution in [0.15, 0.2) is 42.5 Å². The molecule has 0 aliphatic heterocycles. The summed E-state index contributed by atoms with van der Waals surface area (Å²) in [4.78, 5) is 13.3. The number of carbonyl (C=O) groups is 1. The fraction of sp³-hybridized carbons (Fsp3) is 0.435. The van der Waals surface area contributed by atoms with E-state index in [1.807, 2.05) is 25.1 Å². The molecule has 0 radical (unpaired) electrons. The number of amides is 1. The van der Waals surface area contributed by atoms with Crippen LogP contribution in [0.5, 0.6) is 5.75 Å². The van der Waals surface area contributed by atoms with Crippen LogP contribution in [-0.2, 0) is 10.2 Å². The molecule has 1 aliphatic rings. The second kappa shape index (κ2) is 8.55. The highest BCUT2D eigenvalue weighted by atomic mass is 19.1.